The minimum absolute atomic E-state index is 0.578. The Morgan fingerprint density at radius 1 is 1.17 bits per heavy atom. The number of aromatic nitrogens is 2. The molecule has 0 atom stereocenters. The first kappa shape index (κ1) is 12.6. The zero-order valence-corrected chi connectivity index (χ0v) is 11.1. The molecule has 0 aliphatic heterocycles. The van der Waals surface area contributed by atoms with Crippen molar-refractivity contribution in [2.45, 2.75) is 27.2 Å². The Hall–Kier alpha value is -1.90. The molecule has 0 unspecified atom stereocenters. The van der Waals surface area contributed by atoms with E-state index in [1.165, 1.54) is 0 Å². The van der Waals surface area contributed by atoms with Gasteiger partial charge in [0.05, 0.1) is 11.9 Å². The molecular formula is C15H18N2O. The minimum atomic E-state index is 0.578. The second kappa shape index (κ2) is 5.63. The Balaban J connectivity index is 2.15. The molecule has 0 saturated heterocycles. The van der Waals surface area contributed by atoms with Crippen molar-refractivity contribution >= 4 is 0 Å². The Morgan fingerprint density at radius 3 is 2.50 bits per heavy atom. The molecule has 3 heteroatoms. The van der Waals surface area contributed by atoms with Gasteiger partial charge in [0.25, 0.3) is 0 Å². The molecule has 1 aromatic heterocycles. The van der Waals surface area contributed by atoms with Gasteiger partial charge in [-0.05, 0) is 31.4 Å². The van der Waals surface area contributed by atoms with Gasteiger partial charge in [-0.2, -0.15) is 0 Å². The predicted octanol–water partition coefficient (Wildman–Crippen LogP) is 3.78. The summed E-state index contributed by atoms with van der Waals surface area (Å²) < 4.78 is 5.70. The summed E-state index contributed by atoms with van der Waals surface area (Å²) in [5.74, 6) is 1.94. The van der Waals surface area contributed by atoms with Crippen molar-refractivity contribution in [1.82, 2.24) is 9.97 Å². The van der Waals surface area contributed by atoms with Gasteiger partial charge in [-0.25, -0.2) is 4.98 Å². The summed E-state index contributed by atoms with van der Waals surface area (Å²) in [4.78, 5) is 8.86. The third-order valence-electron chi connectivity index (χ3n) is 2.53. The summed E-state index contributed by atoms with van der Waals surface area (Å²) in [6.07, 6.45) is 2.74. The first-order valence-electron chi connectivity index (χ1n) is 6.20. The smallest absolute Gasteiger partial charge is 0.240 e. The Kier molecular flexibility index (Phi) is 3.92. The number of nitrogens with zero attached hydrogens (tertiary/aromatic N) is 2. The van der Waals surface area contributed by atoms with Crippen LogP contribution in [-0.2, 0) is 6.42 Å². The molecule has 0 N–H and O–H groups in total. The van der Waals surface area contributed by atoms with Crippen LogP contribution >= 0.6 is 0 Å². The zero-order chi connectivity index (χ0) is 13.0. The zero-order valence-electron chi connectivity index (χ0n) is 11.1. The van der Waals surface area contributed by atoms with Gasteiger partial charge in [0, 0.05) is 0 Å². The van der Waals surface area contributed by atoms with E-state index in [0.29, 0.717) is 11.8 Å². The minimum Gasteiger partial charge on any atom is -0.437 e. The Bertz CT molecular complexity index is 509. The van der Waals surface area contributed by atoms with Crippen LogP contribution in [0.2, 0.25) is 0 Å². The van der Waals surface area contributed by atoms with E-state index in [-0.39, 0.29) is 0 Å². The fraction of sp³-hybridized carbons (Fsp3) is 0.333. The van der Waals surface area contributed by atoms with E-state index in [1.54, 1.807) is 6.20 Å². The molecule has 18 heavy (non-hydrogen) atoms. The van der Waals surface area contributed by atoms with E-state index in [9.17, 15) is 0 Å². The highest BCUT2D eigenvalue weighted by Crippen LogP contribution is 2.21. The lowest BCUT2D eigenvalue weighted by Gasteiger charge is -2.09. The van der Waals surface area contributed by atoms with Gasteiger partial charge in [0.1, 0.15) is 11.4 Å². The molecular weight excluding hydrogens is 224 g/mol. The molecule has 2 aromatic rings. The van der Waals surface area contributed by atoms with Gasteiger partial charge in [-0.15, -0.1) is 0 Å². The summed E-state index contributed by atoms with van der Waals surface area (Å²) in [6.45, 7) is 6.27. The first-order chi connectivity index (χ1) is 8.65. The Labute approximate surface area is 108 Å². The molecule has 2 rings (SSSR count). The average molecular weight is 242 g/mol. The molecule has 3 nitrogen and oxygen atoms in total. The molecule has 0 aliphatic rings. The average Bonchev–Trinajstić information content (AvgIpc) is 2.33. The normalized spacial score (nSPS) is 10.7. The van der Waals surface area contributed by atoms with Gasteiger partial charge >= 0.3 is 0 Å². The van der Waals surface area contributed by atoms with Crippen LogP contribution in [0, 0.1) is 12.8 Å². The monoisotopic (exact) mass is 242 g/mol. The number of rotatable bonds is 4. The second-order valence-corrected chi connectivity index (χ2v) is 4.76. The lowest BCUT2D eigenvalue weighted by Crippen LogP contribution is -2.02. The lowest BCUT2D eigenvalue weighted by atomic mass is 10.1. The summed E-state index contributed by atoms with van der Waals surface area (Å²) in [5, 5.41) is 0. The highest BCUT2D eigenvalue weighted by Gasteiger charge is 2.07. The number of para-hydroxylation sites is 1. The maximum Gasteiger partial charge on any atom is 0.240 e. The Morgan fingerprint density at radius 2 is 1.89 bits per heavy atom. The predicted molar refractivity (Wildman–Crippen MR) is 71.8 cm³/mol. The van der Waals surface area contributed by atoms with Crippen LogP contribution in [0.1, 0.15) is 25.2 Å². The van der Waals surface area contributed by atoms with E-state index in [2.05, 4.69) is 23.8 Å². The molecule has 0 saturated carbocycles. The number of benzene rings is 1. The number of hydrogen-bond donors (Lipinski definition) is 0. The van der Waals surface area contributed by atoms with Crippen LogP contribution < -0.4 is 4.74 Å². The summed E-state index contributed by atoms with van der Waals surface area (Å²) in [6, 6.07) is 9.64. The topological polar surface area (TPSA) is 35.0 Å². The molecule has 1 aromatic carbocycles. The SMILES string of the molecule is Cc1nc(CC(C)C)cnc1Oc1ccccc1. The highest BCUT2D eigenvalue weighted by atomic mass is 16.5. The van der Waals surface area contributed by atoms with Crippen LogP contribution in [-0.4, -0.2) is 9.97 Å². The standard InChI is InChI=1S/C15H18N2O/c1-11(2)9-13-10-16-15(12(3)17-13)18-14-7-5-4-6-8-14/h4-8,10-11H,9H2,1-3H3. The number of ether oxygens (including phenoxy) is 1. The van der Waals surface area contributed by atoms with E-state index >= 15 is 0 Å². The van der Waals surface area contributed by atoms with Crippen molar-refractivity contribution in [3.8, 4) is 11.6 Å². The number of aryl methyl sites for hydroxylation is 1. The van der Waals surface area contributed by atoms with E-state index in [4.69, 9.17) is 4.74 Å². The molecule has 0 amide bonds. The van der Waals surface area contributed by atoms with Crippen LogP contribution in [0.5, 0.6) is 11.6 Å². The highest BCUT2D eigenvalue weighted by molar-refractivity contribution is 5.28. The second-order valence-electron chi connectivity index (χ2n) is 4.76. The fourth-order valence-corrected chi connectivity index (χ4v) is 1.74. The van der Waals surface area contributed by atoms with Crippen LogP contribution in [0.15, 0.2) is 36.5 Å². The first-order valence-corrected chi connectivity index (χ1v) is 6.20. The van der Waals surface area contributed by atoms with Crippen molar-refractivity contribution in [1.29, 1.82) is 0 Å². The van der Waals surface area contributed by atoms with Crippen molar-refractivity contribution in [3.63, 3.8) is 0 Å². The molecule has 0 bridgehead atoms. The van der Waals surface area contributed by atoms with Crippen LogP contribution in [0.3, 0.4) is 0 Å². The maximum absolute atomic E-state index is 5.70. The van der Waals surface area contributed by atoms with Crippen LogP contribution in [0.25, 0.3) is 0 Å². The summed E-state index contributed by atoms with van der Waals surface area (Å²) >= 11 is 0. The van der Waals surface area contributed by atoms with Crippen molar-refractivity contribution in [3.05, 3.63) is 47.9 Å². The number of hydrogen-bond acceptors (Lipinski definition) is 3. The molecule has 0 fully saturated rings. The molecule has 1 heterocycles. The molecule has 0 spiro atoms. The fourth-order valence-electron chi connectivity index (χ4n) is 1.74. The van der Waals surface area contributed by atoms with Crippen molar-refractivity contribution in [2.24, 2.45) is 5.92 Å². The van der Waals surface area contributed by atoms with Gasteiger partial charge in [0.15, 0.2) is 0 Å². The summed E-state index contributed by atoms with van der Waals surface area (Å²) in [7, 11) is 0. The lowest BCUT2D eigenvalue weighted by molar-refractivity contribution is 0.453. The van der Waals surface area contributed by atoms with Gasteiger partial charge in [-0.1, -0.05) is 32.0 Å². The van der Waals surface area contributed by atoms with Gasteiger partial charge in [0.2, 0.25) is 5.88 Å². The van der Waals surface area contributed by atoms with Crippen molar-refractivity contribution in [2.75, 3.05) is 0 Å². The van der Waals surface area contributed by atoms with Gasteiger partial charge < -0.3 is 4.74 Å². The van der Waals surface area contributed by atoms with E-state index in [0.717, 1.165) is 23.6 Å². The van der Waals surface area contributed by atoms with Gasteiger partial charge in [-0.3, -0.25) is 4.98 Å². The molecule has 0 aliphatic carbocycles. The van der Waals surface area contributed by atoms with Crippen LogP contribution in [0.4, 0.5) is 0 Å². The maximum atomic E-state index is 5.70. The summed E-state index contributed by atoms with van der Waals surface area (Å²) in [5.41, 5.74) is 1.85. The van der Waals surface area contributed by atoms with E-state index < -0.39 is 0 Å². The van der Waals surface area contributed by atoms with Crippen molar-refractivity contribution < 1.29 is 4.74 Å². The quantitative estimate of drug-likeness (QED) is 0.818. The third-order valence-corrected chi connectivity index (χ3v) is 2.53. The third kappa shape index (κ3) is 3.29. The molecule has 0 radical (unpaired) electrons. The van der Waals surface area contributed by atoms with E-state index in [1.807, 2.05) is 37.3 Å². The largest absolute Gasteiger partial charge is 0.437 e. The molecule has 94 valence electrons.